The fraction of sp³-hybridized carbons (Fsp3) is 0.462. The lowest BCUT2D eigenvalue weighted by molar-refractivity contribution is 0.362. The summed E-state index contributed by atoms with van der Waals surface area (Å²) in [6, 6.07) is 1.98. The molecule has 0 aliphatic rings. The van der Waals surface area contributed by atoms with Crippen molar-refractivity contribution in [3.05, 3.63) is 29.2 Å². The third-order valence-corrected chi connectivity index (χ3v) is 3.74. The fourth-order valence-electron chi connectivity index (χ4n) is 1.90. The summed E-state index contributed by atoms with van der Waals surface area (Å²) in [5.41, 5.74) is 1.95. The van der Waals surface area contributed by atoms with E-state index in [9.17, 15) is 0 Å². The maximum absolute atomic E-state index is 5.18. The summed E-state index contributed by atoms with van der Waals surface area (Å²) in [5.74, 6) is 2.74. The number of thioether (sulfide) groups is 1. The summed E-state index contributed by atoms with van der Waals surface area (Å²) >= 11 is 1.47. The van der Waals surface area contributed by atoms with Crippen LogP contribution in [0.1, 0.15) is 42.9 Å². The normalized spacial score (nSPS) is 11.7. The van der Waals surface area contributed by atoms with Gasteiger partial charge in [-0.2, -0.15) is 9.97 Å². The van der Waals surface area contributed by atoms with Crippen molar-refractivity contribution in [2.24, 2.45) is 0 Å². The SMILES string of the molecule is Cc1cc(C)n2nc(SCc3noc(C(C)C)n3)nc2n1. The average Bonchev–Trinajstić information content (AvgIpc) is 3.02. The van der Waals surface area contributed by atoms with Crippen LogP contribution < -0.4 is 0 Å². The van der Waals surface area contributed by atoms with Gasteiger partial charge >= 0.3 is 0 Å². The van der Waals surface area contributed by atoms with Gasteiger partial charge in [0.05, 0.1) is 5.75 Å². The van der Waals surface area contributed by atoms with E-state index in [2.05, 4.69) is 25.2 Å². The molecular weight excluding hydrogens is 288 g/mol. The number of aryl methyl sites for hydroxylation is 2. The molecule has 0 aliphatic carbocycles. The first-order chi connectivity index (χ1) is 10.0. The first-order valence-electron chi connectivity index (χ1n) is 6.69. The van der Waals surface area contributed by atoms with E-state index >= 15 is 0 Å². The van der Waals surface area contributed by atoms with Crippen molar-refractivity contribution in [2.45, 2.75) is 44.5 Å². The molecule has 0 aromatic carbocycles. The maximum Gasteiger partial charge on any atom is 0.253 e. The molecule has 110 valence electrons. The topological polar surface area (TPSA) is 82.0 Å². The molecule has 8 heteroatoms. The Morgan fingerprint density at radius 3 is 2.76 bits per heavy atom. The molecule has 0 spiro atoms. The van der Waals surface area contributed by atoms with Crippen molar-refractivity contribution >= 4 is 17.5 Å². The first-order valence-corrected chi connectivity index (χ1v) is 7.68. The van der Waals surface area contributed by atoms with E-state index in [4.69, 9.17) is 4.52 Å². The van der Waals surface area contributed by atoms with E-state index in [1.54, 1.807) is 4.52 Å². The minimum Gasteiger partial charge on any atom is -0.339 e. The maximum atomic E-state index is 5.18. The Bertz CT molecular complexity index is 778. The number of aromatic nitrogens is 6. The van der Waals surface area contributed by atoms with E-state index in [0.717, 1.165) is 11.4 Å². The Hall–Kier alpha value is -1.96. The van der Waals surface area contributed by atoms with Crippen LogP contribution in [0.3, 0.4) is 0 Å². The van der Waals surface area contributed by atoms with Gasteiger partial charge in [0.1, 0.15) is 0 Å². The van der Waals surface area contributed by atoms with Crippen LogP contribution in [0.15, 0.2) is 15.7 Å². The highest BCUT2D eigenvalue weighted by Crippen LogP contribution is 2.20. The van der Waals surface area contributed by atoms with E-state index in [1.807, 2.05) is 33.8 Å². The summed E-state index contributed by atoms with van der Waals surface area (Å²) in [6.07, 6.45) is 0. The highest BCUT2D eigenvalue weighted by Gasteiger charge is 2.12. The second-order valence-electron chi connectivity index (χ2n) is 5.14. The van der Waals surface area contributed by atoms with Gasteiger partial charge < -0.3 is 4.52 Å². The number of nitrogens with zero attached hydrogens (tertiary/aromatic N) is 6. The fourth-order valence-corrected chi connectivity index (χ4v) is 2.56. The molecular formula is C13H16N6OS. The van der Waals surface area contributed by atoms with Crippen molar-refractivity contribution in [1.29, 1.82) is 0 Å². The third kappa shape index (κ3) is 2.90. The van der Waals surface area contributed by atoms with E-state index < -0.39 is 0 Å². The van der Waals surface area contributed by atoms with Crippen LogP contribution in [0, 0.1) is 13.8 Å². The molecule has 3 aromatic rings. The summed E-state index contributed by atoms with van der Waals surface area (Å²) < 4.78 is 6.92. The van der Waals surface area contributed by atoms with Crippen LogP contribution in [-0.4, -0.2) is 29.7 Å². The molecule has 21 heavy (non-hydrogen) atoms. The molecule has 0 N–H and O–H groups in total. The van der Waals surface area contributed by atoms with Gasteiger partial charge in [-0.05, 0) is 19.9 Å². The largest absolute Gasteiger partial charge is 0.339 e. The smallest absolute Gasteiger partial charge is 0.253 e. The zero-order valence-electron chi connectivity index (χ0n) is 12.4. The van der Waals surface area contributed by atoms with E-state index in [1.165, 1.54) is 11.8 Å². The van der Waals surface area contributed by atoms with Gasteiger partial charge in [0, 0.05) is 17.3 Å². The first kappa shape index (κ1) is 14.0. The second kappa shape index (κ2) is 5.44. The summed E-state index contributed by atoms with van der Waals surface area (Å²) in [7, 11) is 0. The van der Waals surface area contributed by atoms with Crippen molar-refractivity contribution in [1.82, 2.24) is 29.7 Å². The highest BCUT2D eigenvalue weighted by atomic mass is 32.2. The number of fused-ring (bicyclic) bond motifs is 1. The molecule has 0 unspecified atom stereocenters. The zero-order valence-corrected chi connectivity index (χ0v) is 13.2. The van der Waals surface area contributed by atoms with E-state index in [0.29, 0.717) is 28.4 Å². The van der Waals surface area contributed by atoms with Crippen LogP contribution in [-0.2, 0) is 5.75 Å². The highest BCUT2D eigenvalue weighted by molar-refractivity contribution is 7.98. The van der Waals surface area contributed by atoms with Gasteiger partial charge in [-0.3, -0.25) is 0 Å². The summed E-state index contributed by atoms with van der Waals surface area (Å²) in [5, 5.41) is 9.04. The van der Waals surface area contributed by atoms with Crippen LogP contribution >= 0.6 is 11.8 Å². The molecule has 0 amide bonds. The van der Waals surface area contributed by atoms with Gasteiger partial charge in [0.25, 0.3) is 5.78 Å². The molecule has 3 rings (SSSR count). The Balaban J connectivity index is 1.77. The molecule has 0 fully saturated rings. The molecule has 0 saturated carbocycles. The van der Waals surface area contributed by atoms with Crippen LogP contribution in [0.25, 0.3) is 5.78 Å². The molecule has 0 bridgehead atoms. The van der Waals surface area contributed by atoms with Crippen LogP contribution in [0.4, 0.5) is 0 Å². The van der Waals surface area contributed by atoms with Crippen LogP contribution in [0.2, 0.25) is 0 Å². The van der Waals surface area contributed by atoms with Crippen molar-refractivity contribution in [2.75, 3.05) is 0 Å². The van der Waals surface area contributed by atoms with Gasteiger partial charge in [0.15, 0.2) is 5.82 Å². The van der Waals surface area contributed by atoms with Crippen molar-refractivity contribution in [3.8, 4) is 0 Å². The van der Waals surface area contributed by atoms with Gasteiger partial charge in [-0.15, -0.1) is 5.10 Å². The Morgan fingerprint density at radius 1 is 1.24 bits per heavy atom. The molecule has 3 heterocycles. The predicted molar refractivity (Wildman–Crippen MR) is 78.2 cm³/mol. The minimum absolute atomic E-state index is 0.236. The van der Waals surface area contributed by atoms with Gasteiger partial charge in [0.2, 0.25) is 11.0 Å². The number of hydrogen-bond acceptors (Lipinski definition) is 7. The molecule has 0 radical (unpaired) electrons. The standard InChI is InChI=1S/C13H16N6OS/c1-7(2)11-15-10(18-20-11)6-21-13-16-12-14-8(3)5-9(4)19(12)17-13/h5,7H,6H2,1-4H3. The Kier molecular flexibility index (Phi) is 3.62. The van der Waals surface area contributed by atoms with Crippen molar-refractivity contribution in [3.63, 3.8) is 0 Å². The minimum atomic E-state index is 0.236. The number of hydrogen-bond donors (Lipinski definition) is 0. The lowest BCUT2D eigenvalue weighted by atomic mass is 10.2. The summed E-state index contributed by atoms with van der Waals surface area (Å²) in [6.45, 7) is 7.97. The molecule has 7 nitrogen and oxygen atoms in total. The average molecular weight is 304 g/mol. The quantitative estimate of drug-likeness (QED) is 0.685. The van der Waals surface area contributed by atoms with E-state index in [-0.39, 0.29) is 5.92 Å². The molecule has 0 aliphatic heterocycles. The van der Waals surface area contributed by atoms with Crippen LogP contribution in [0.5, 0.6) is 0 Å². The number of rotatable bonds is 4. The monoisotopic (exact) mass is 304 g/mol. The lowest BCUT2D eigenvalue weighted by Crippen LogP contribution is -1.97. The Labute approximate surface area is 126 Å². The molecule has 0 atom stereocenters. The molecule has 0 saturated heterocycles. The zero-order chi connectivity index (χ0) is 15.0. The van der Waals surface area contributed by atoms with Gasteiger partial charge in [-0.1, -0.05) is 30.8 Å². The predicted octanol–water partition coefficient (Wildman–Crippen LogP) is 2.54. The molecule has 3 aromatic heterocycles. The van der Waals surface area contributed by atoms with Gasteiger partial charge in [-0.25, -0.2) is 9.50 Å². The third-order valence-electron chi connectivity index (χ3n) is 2.91. The second-order valence-corrected chi connectivity index (χ2v) is 6.08. The van der Waals surface area contributed by atoms with Crippen molar-refractivity contribution < 1.29 is 4.52 Å². The Morgan fingerprint density at radius 2 is 2.05 bits per heavy atom. The summed E-state index contributed by atoms with van der Waals surface area (Å²) in [4.78, 5) is 13.1. The lowest BCUT2D eigenvalue weighted by Gasteiger charge is -1.97.